The summed E-state index contributed by atoms with van der Waals surface area (Å²) in [6.45, 7) is 13.5. The Hall–Kier alpha value is -2.13. The summed E-state index contributed by atoms with van der Waals surface area (Å²) < 4.78 is 0. The molecule has 4 rings (SSSR count). The minimum absolute atomic E-state index is 0.218. The number of hydrogen-bond acceptors (Lipinski definition) is 3. The molecule has 2 aliphatic carbocycles. The lowest BCUT2D eigenvalue weighted by molar-refractivity contribution is 0.213. The summed E-state index contributed by atoms with van der Waals surface area (Å²) >= 11 is 0. The SMILES string of the molecule is CC(C)(C)c1ccc2c(c1)CCC2N.CON=C1CCc2cc(C(C)(C)C)ccc21. The van der Waals surface area contributed by atoms with Crippen LogP contribution in [0.25, 0.3) is 0 Å². The summed E-state index contributed by atoms with van der Waals surface area (Å²) in [5.41, 5.74) is 15.9. The number of nitrogens with zero attached hydrogens (tertiary/aromatic N) is 1. The highest BCUT2D eigenvalue weighted by atomic mass is 16.6. The lowest BCUT2D eigenvalue weighted by atomic mass is 9.85. The Morgan fingerprint density at radius 1 is 0.833 bits per heavy atom. The van der Waals surface area contributed by atoms with Crippen LogP contribution in [0.3, 0.4) is 0 Å². The maximum atomic E-state index is 6.01. The van der Waals surface area contributed by atoms with E-state index in [9.17, 15) is 0 Å². The van der Waals surface area contributed by atoms with Crippen LogP contribution in [0, 0.1) is 0 Å². The average molecular weight is 407 g/mol. The molecule has 0 amide bonds. The maximum Gasteiger partial charge on any atom is 0.106 e. The maximum absolute atomic E-state index is 6.01. The van der Waals surface area contributed by atoms with Crippen LogP contribution in [0.4, 0.5) is 0 Å². The van der Waals surface area contributed by atoms with Crippen LogP contribution in [0.2, 0.25) is 0 Å². The summed E-state index contributed by atoms with van der Waals surface area (Å²) in [7, 11) is 1.61. The molecule has 162 valence electrons. The van der Waals surface area contributed by atoms with E-state index in [2.05, 4.69) is 83.1 Å². The summed E-state index contributed by atoms with van der Waals surface area (Å²) in [5.74, 6) is 0. The molecule has 2 aromatic carbocycles. The zero-order chi connectivity index (χ0) is 22.1. The number of fused-ring (bicyclic) bond motifs is 2. The third-order valence-corrected chi connectivity index (χ3v) is 6.25. The van der Waals surface area contributed by atoms with Gasteiger partial charge in [-0.3, -0.25) is 0 Å². The molecule has 0 spiro atoms. The van der Waals surface area contributed by atoms with E-state index in [1.54, 1.807) is 7.11 Å². The predicted octanol–water partition coefficient (Wildman–Crippen LogP) is 6.21. The Bertz CT molecular complexity index is 929. The van der Waals surface area contributed by atoms with Crippen LogP contribution in [0.1, 0.15) is 93.8 Å². The quantitative estimate of drug-likeness (QED) is 0.572. The van der Waals surface area contributed by atoms with Gasteiger partial charge in [-0.25, -0.2) is 0 Å². The van der Waals surface area contributed by atoms with Crippen molar-refractivity contribution in [3.05, 3.63) is 69.8 Å². The molecule has 0 saturated heterocycles. The molecule has 3 nitrogen and oxygen atoms in total. The van der Waals surface area contributed by atoms with Crippen LogP contribution < -0.4 is 5.73 Å². The van der Waals surface area contributed by atoms with Gasteiger partial charge in [0, 0.05) is 11.6 Å². The van der Waals surface area contributed by atoms with Crippen LogP contribution in [-0.2, 0) is 28.5 Å². The first-order valence-corrected chi connectivity index (χ1v) is 11.1. The van der Waals surface area contributed by atoms with E-state index in [0.717, 1.165) is 31.4 Å². The second kappa shape index (κ2) is 8.55. The first kappa shape index (κ1) is 22.6. The fourth-order valence-corrected chi connectivity index (χ4v) is 4.26. The van der Waals surface area contributed by atoms with E-state index < -0.39 is 0 Å². The van der Waals surface area contributed by atoms with Crippen LogP contribution in [0.5, 0.6) is 0 Å². The summed E-state index contributed by atoms with van der Waals surface area (Å²) in [6, 6.07) is 13.8. The van der Waals surface area contributed by atoms with Crippen molar-refractivity contribution in [2.24, 2.45) is 10.9 Å². The topological polar surface area (TPSA) is 47.6 Å². The van der Waals surface area contributed by atoms with Crippen molar-refractivity contribution in [3.63, 3.8) is 0 Å². The van der Waals surface area contributed by atoms with Gasteiger partial charge in [0.1, 0.15) is 7.11 Å². The largest absolute Gasteiger partial charge is 0.399 e. The molecule has 30 heavy (non-hydrogen) atoms. The monoisotopic (exact) mass is 406 g/mol. The summed E-state index contributed by atoms with van der Waals surface area (Å²) in [6.07, 6.45) is 4.35. The summed E-state index contributed by atoms with van der Waals surface area (Å²) in [5, 5.41) is 4.07. The predicted molar refractivity (Wildman–Crippen MR) is 127 cm³/mol. The molecule has 2 N–H and O–H groups in total. The standard InChI is InChI=1S/C14H19NO.C13H19N/c1-14(2,3)11-6-7-12-10(9-11)5-8-13(12)15-16-4;1-13(2,3)10-5-6-11-9(8-10)4-7-12(11)14/h6-7,9H,5,8H2,1-4H3;5-6,8,12H,4,7,14H2,1-3H3. The van der Waals surface area contributed by atoms with Gasteiger partial charge in [0.05, 0.1) is 5.71 Å². The van der Waals surface area contributed by atoms with Gasteiger partial charge < -0.3 is 10.6 Å². The lowest BCUT2D eigenvalue weighted by Crippen LogP contribution is -2.12. The molecule has 1 unspecified atom stereocenters. The van der Waals surface area contributed by atoms with Crippen LogP contribution in [-0.4, -0.2) is 12.8 Å². The Morgan fingerprint density at radius 3 is 2.03 bits per heavy atom. The Balaban J connectivity index is 0.000000172. The zero-order valence-electron chi connectivity index (χ0n) is 19.8. The molecule has 0 heterocycles. The molecule has 0 fully saturated rings. The van der Waals surface area contributed by atoms with Gasteiger partial charge in [0.2, 0.25) is 0 Å². The highest BCUT2D eigenvalue weighted by molar-refractivity contribution is 6.04. The van der Waals surface area contributed by atoms with E-state index in [0.29, 0.717) is 0 Å². The van der Waals surface area contributed by atoms with Crippen molar-refractivity contribution < 1.29 is 4.84 Å². The van der Waals surface area contributed by atoms with E-state index in [1.807, 2.05) is 0 Å². The lowest BCUT2D eigenvalue weighted by Gasteiger charge is -2.20. The Labute approximate surface area is 182 Å². The smallest absolute Gasteiger partial charge is 0.106 e. The normalized spacial score (nSPS) is 19.2. The van der Waals surface area contributed by atoms with Crippen LogP contribution in [0.15, 0.2) is 41.6 Å². The van der Waals surface area contributed by atoms with Gasteiger partial charge in [-0.2, -0.15) is 0 Å². The van der Waals surface area contributed by atoms with Crippen LogP contribution >= 0.6 is 0 Å². The van der Waals surface area contributed by atoms with Gasteiger partial charge in [-0.05, 0) is 64.3 Å². The average Bonchev–Trinajstić information content (AvgIpc) is 3.24. The number of oxime groups is 1. The molecule has 0 bridgehead atoms. The second-order valence-electron chi connectivity index (χ2n) is 10.7. The first-order chi connectivity index (χ1) is 14.0. The summed E-state index contributed by atoms with van der Waals surface area (Å²) in [4.78, 5) is 4.87. The van der Waals surface area contributed by atoms with Crippen molar-refractivity contribution in [3.8, 4) is 0 Å². The zero-order valence-corrected chi connectivity index (χ0v) is 19.8. The minimum atomic E-state index is 0.218. The third kappa shape index (κ3) is 4.95. The molecule has 0 aliphatic heterocycles. The molecular formula is C27H38N2O. The van der Waals surface area contributed by atoms with Gasteiger partial charge in [0.25, 0.3) is 0 Å². The van der Waals surface area contributed by atoms with Gasteiger partial charge in [-0.1, -0.05) is 83.1 Å². The number of aryl methyl sites for hydroxylation is 2. The van der Waals surface area contributed by atoms with Gasteiger partial charge in [-0.15, -0.1) is 0 Å². The van der Waals surface area contributed by atoms with E-state index in [4.69, 9.17) is 10.6 Å². The molecule has 2 aliphatic rings. The molecule has 3 heteroatoms. The number of nitrogens with two attached hydrogens (primary N) is 1. The van der Waals surface area contributed by atoms with Gasteiger partial charge in [0.15, 0.2) is 0 Å². The first-order valence-electron chi connectivity index (χ1n) is 11.1. The Kier molecular flexibility index (Phi) is 6.43. The van der Waals surface area contributed by atoms with E-state index in [1.165, 1.54) is 33.4 Å². The van der Waals surface area contributed by atoms with E-state index in [-0.39, 0.29) is 16.9 Å². The number of rotatable bonds is 1. The van der Waals surface area contributed by atoms with Gasteiger partial charge >= 0.3 is 0 Å². The molecule has 1 atom stereocenters. The van der Waals surface area contributed by atoms with Crippen molar-refractivity contribution in [2.75, 3.05) is 7.11 Å². The molecule has 2 aromatic rings. The minimum Gasteiger partial charge on any atom is -0.399 e. The molecular weight excluding hydrogens is 368 g/mol. The highest BCUT2D eigenvalue weighted by Crippen LogP contribution is 2.33. The molecule has 0 radical (unpaired) electrons. The van der Waals surface area contributed by atoms with Crippen molar-refractivity contribution in [2.45, 2.75) is 84.1 Å². The van der Waals surface area contributed by atoms with Crippen molar-refractivity contribution in [1.82, 2.24) is 0 Å². The van der Waals surface area contributed by atoms with Crippen molar-refractivity contribution in [1.29, 1.82) is 0 Å². The fourth-order valence-electron chi connectivity index (χ4n) is 4.26. The third-order valence-electron chi connectivity index (χ3n) is 6.25. The second-order valence-corrected chi connectivity index (χ2v) is 10.7. The molecule has 0 aromatic heterocycles. The highest BCUT2D eigenvalue weighted by Gasteiger charge is 2.23. The van der Waals surface area contributed by atoms with E-state index >= 15 is 0 Å². The van der Waals surface area contributed by atoms with Crippen molar-refractivity contribution >= 4 is 5.71 Å². The fraction of sp³-hybridized carbons (Fsp3) is 0.519. The number of benzene rings is 2. The Morgan fingerprint density at radius 2 is 1.43 bits per heavy atom. The number of hydrogen-bond donors (Lipinski definition) is 1. The molecule has 0 saturated carbocycles.